The van der Waals surface area contributed by atoms with E-state index in [0.717, 1.165) is 18.1 Å². The highest BCUT2D eigenvalue weighted by atomic mass is 32.2. The Hall–Kier alpha value is -0.540. The standard InChI is InChI=1S/C14H22N2S/c1-3-10(2)9-17-14-12(8-15)7-11-5-4-6-13(11)16-14/h7,10H,3-6,8-9,15H2,1-2H3. The average Bonchev–Trinajstić information content (AvgIpc) is 2.81. The number of thioether (sulfide) groups is 1. The van der Waals surface area contributed by atoms with Crippen molar-refractivity contribution in [1.29, 1.82) is 0 Å². The zero-order valence-corrected chi connectivity index (χ0v) is 11.6. The molecule has 1 aliphatic rings. The molecule has 0 saturated carbocycles. The largest absolute Gasteiger partial charge is 0.326 e. The molecule has 0 saturated heterocycles. The van der Waals surface area contributed by atoms with Crippen LogP contribution in [0.1, 0.15) is 43.5 Å². The third-order valence-electron chi connectivity index (χ3n) is 3.51. The van der Waals surface area contributed by atoms with Gasteiger partial charge in [-0.05, 0) is 36.3 Å². The molecule has 0 bridgehead atoms. The van der Waals surface area contributed by atoms with Crippen LogP contribution in [0.5, 0.6) is 0 Å². The highest BCUT2D eigenvalue weighted by Crippen LogP contribution is 2.29. The summed E-state index contributed by atoms with van der Waals surface area (Å²) >= 11 is 1.88. The molecule has 1 unspecified atom stereocenters. The van der Waals surface area contributed by atoms with E-state index in [-0.39, 0.29) is 0 Å². The highest BCUT2D eigenvalue weighted by molar-refractivity contribution is 7.99. The Labute approximate surface area is 108 Å². The number of pyridine rings is 1. The number of aromatic nitrogens is 1. The van der Waals surface area contributed by atoms with Gasteiger partial charge >= 0.3 is 0 Å². The lowest BCUT2D eigenvalue weighted by atomic mass is 10.1. The van der Waals surface area contributed by atoms with Gasteiger partial charge in [-0.2, -0.15) is 0 Å². The monoisotopic (exact) mass is 250 g/mol. The van der Waals surface area contributed by atoms with Crippen LogP contribution in [0.15, 0.2) is 11.1 Å². The fraction of sp³-hybridized carbons (Fsp3) is 0.643. The van der Waals surface area contributed by atoms with Crippen LogP contribution >= 0.6 is 11.8 Å². The summed E-state index contributed by atoms with van der Waals surface area (Å²) in [6.45, 7) is 5.15. The van der Waals surface area contributed by atoms with Crippen molar-refractivity contribution in [3.63, 3.8) is 0 Å². The fourth-order valence-electron chi connectivity index (χ4n) is 2.11. The van der Waals surface area contributed by atoms with Gasteiger partial charge in [0.05, 0.1) is 0 Å². The number of nitrogens with zero attached hydrogens (tertiary/aromatic N) is 1. The molecule has 0 spiro atoms. The molecule has 1 aromatic rings. The number of fused-ring (bicyclic) bond motifs is 1. The van der Waals surface area contributed by atoms with Crippen molar-refractivity contribution in [3.05, 3.63) is 22.9 Å². The van der Waals surface area contributed by atoms with Crippen LogP contribution in [0, 0.1) is 5.92 Å². The molecule has 1 aromatic heterocycles. The summed E-state index contributed by atoms with van der Waals surface area (Å²) in [5.41, 5.74) is 9.81. The Kier molecular flexibility index (Phi) is 4.46. The summed E-state index contributed by atoms with van der Waals surface area (Å²) in [5.74, 6) is 1.90. The van der Waals surface area contributed by atoms with Gasteiger partial charge in [0, 0.05) is 18.0 Å². The Bertz CT molecular complexity index is 390. The van der Waals surface area contributed by atoms with Crippen molar-refractivity contribution in [2.45, 2.75) is 51.1 Å². The van der Waals surface area contributed by atoms with Crippen molar-refractivity contribution in [1.82, 2.24) is 4.98 Å². The van der Waals surface area contributed by atoms with Crippen molar-refractivity contribution < 1.29 is 0 Å². The number of hydrogen-bond donors (Lipinski definition) is 1. The van der Waals surface area contributed by atoms with Crippen LogP contribution in [-0.2, 0) is 19.4 Å². The first-order valence-corrected chi connectivity index (χ1v) is 7.57. The molecule has 94 valence electrons. The summed E-state index contributed by atoms with van der Waals surface area (Å²) in [4.78, 5) is 4.81. The molecule has 0 fully saturated rings. The second-order valence-corrected chi connectivity index (χ2v) is 5.95. The quantitative estimate of drug-likeness (QED) is 0.816. The van der Waals surface area contributed by atoms with Crippen LogP contribution in [0.2, 0.25) is 0 Å². The molecule has 0 radical (unpaired) electrons. The van der Waals surface area contributed by atoms with E-state index in [9.17, 15) is 0 Å². The molecule has 1 heterocycles. The van der Waals surface area contributed by atoms with Crippen LogP contribution < -0.4 is 5.73 Å². The van der Waals surface area contributed by atoms with Gasteiger partial charge in [0.25, 0.3) is 0 Å². The van der Waals surface area contributed by atoms with Crippen LogP contribution in [-0.4, -0.2) is 10.7 Å². The Morgan fingerprint density at radius 1 is 1.47 bits per heavy atom. The van der Waals surface area contributed by atoms with Gasteiger partial charge in [0.15, 0.2) is 0 Å². The maximum atomic E-state index is 5.83. The van der Waals surface area contributed by atoms with Gasteiger partial charge in [-0.25, -0.2) is 4.98 Å². The third-order valence-corrected chi connectivity index (χ3v) is 4.87. The van der Waals surface area contributed by atoms with Gasteiger partial charge in [-0.1, -0.05) is 26.3 Å². The zero-order chi connectivity index (χ0) is 12.3. The molecule has 3 heteroatoms. The molecule has 1 aliphatic carbocycles. The van der Waals surface area contributed by atoms with Gasteiger partial charge < -0.3 is 5.73 Å². The lowest BCUT2D eigenvalue weighted by molar-refractivity contribution is 0.636. The van der Waals surface area contributed by atoms with E-state index in [1.807, 2.05) is 11.8 Å². The van der Waals surface area contributed by atoms with E-state index in [2.05, 4.69) is 19.9 Å². The minimum Gasteiger partial charge on any atom is -0.326 e. The smallest absolute Gasteiger partial charge is 0.101 e. The number of hydrogen-bond acceptors (Lipinski definition) is 3. The summed E-state index contributed by atoms with van der Waals surface area (Å²) in [6, 6.07) is 2.29. The Morgan fingerprint density at radius 3 is 3.00 bits per heavy atom. The Morgan fingerprint density at radius 2 is 2.29 bits per heavy atom. The fourth-order valence-corrected chi connectivity index (χ4v) is 3.29. The Balaban J connectivity index is 2.15. The van der Waals surface area contributed by atoms with Crippen molar-refractivity contribution >= 4 is 11.8 Å². The van der Waals surface area contributed by atoms with E-state index in [1.165, 1.54) is 41.1 Å². The minimum atomic E-state index is 0.614. The highest BCUT2D eigenvalue weighted by Gasteiger charge is 2.16. The van der Waals surface area contributed by atoms with Gasteiger partial charge in [-0.15, -0.1) is 11.8 Å². The summed E-state index contributed by atoms with van der Waals surface area (Å²) in [5, 5.41) is 1.17. The normalized spacial score (nSPS) is 15.9. The van der Waals surface area contributed by atoms with Gasteiger partial charge in [-0.3, -0.25) is 0 Å². The predicted octanol–water partition coefficient (Wildman–Crippen LogP) is 3.17. The molecule has 2 N–H and O–H groups in total. The van der Waals surface area contributed by atoms with E-state index in [1.54, 1.807) is 0 Å². The van der Waals surface area contributed by atoms with Crippen molar-refractivity contribution in [2.24, 2.45) is 11.7 Å². The third kappa shape index (κ3) is 3.02. The topological polar surface area (TPSA) is 38.9 Å². The van der Waals surface area contributed by atoms with E-state index < -0.39 is 0 Å². The number of nitrogens with two attached hydrogens (primary N) is 1. The van der Waals surface area contributed by atoms with E-state index >= 15 is 0 Å². The molecule has 0 amide bonds. The molecule has 17 heavy (non-hydrogen) atoms. The van der Waals surface area contributed by atoms with Crippen LogP contribution in [0.25, 0.3) is 0 Å². The minimum absolute atomic E-state index is 0.614. The SMILES string of the molecule is CCC(C)CSc1nc2c(cc1CN)CCC2. The summed E-state index contributed by atoms with van der Waals surface area (Å²) in [6.07, 6.45) is 4.82. The summed E-state index contributed by atoms with van der Waals surface area (Å²) < 4.78 is 0. The van der Waals surface area contributed by atoms with Gasteiger partial charge in [0.1, 0.15) is 5.03 Å². The van der Waals surface area contributed by atoms with E-state index in [4.69, 9.17) is 10.7 Å². The van der Waals surface area contributed by atoms with Crippen LogP contribution in [0.4, 0.5) is 0 Å². The summed E-state index contributed by atoms with van der Waals surface area (Å²) in [7, 11) is 0. The molecule has 2 rings (SSSR count). The van der Waals surface area contributed by atoms with Crippen molar-refractivity contribution in [2.75, 3.05) is 5.75 Å². The molecule has 1 atom stereocenters. The first-order valence-electron chi connectivity index (χ1n) is 6.59. The van der Waals surface area contributed by atoms with Gasteiger partial charge in [0.2, 0.25) is 0 Å². The maximum absolute atomic E-state index is 5.83. The number of rotatable bonds is 5. The van der Waals surface area contributed by atoms with E-state index in [0.29, 0.717) is 6.54 Å². The lowest BCUT2D eigenvalue weighted by Crippen LogP contribution is -2.05. The van der Waals surface area contributed by atoms with Crippen LogP contribution in [0.3, 0.4) is 0 Å². The van der Waals surface area contributed by atoms with Crippen molar-refractivity contribution in [3.8, 4) is 0 Å². The first kappa shape index (κ1) is 12.9. The second kappa shape index (κ2) is 5.87. The molecule has 2 nitrogen and oxygen atoms in total. The lowest BCUT2D eigenvalue weighted by Gasteiger charge is -2.12. The predicted molar refractivity (Wildman–Crippen MR) is 74.3 cm³/mol. The first-order chi connectivity index (χ1) is 8.24. The zero-order valence-electron chi connectivity index (χ0n) is 10.8. The average molecular weight is 250 g/mol. The maximum Gasteiger partial charge on any atom is 0.101 e. The second-order valence-electron chi connectivity index (χ2n) is 4.94. The molecular formula is C14H22N2S. The number of aryl methyl sites for hydroxylation is 2. The molecular weight excluding hydrogens is 228 g/mol. The molecule has 0 aliphatic heterocycles. The molecule has 0 aromatic carbocycles.